The lowest BCUT2D eigenvalue weighted by atomic mass is 10.2. The smallest absolute Gasteiger partial charge is 0.251 e. The molecule has 6 heteroatoms. The van der Waals surface area contributed by atoms with Crippen LogP contribution in [0.1, 0.15) is 34.3 Å². The van der Waals surface area contributed by atoms with Gasteiger partial charge in [-0.3, -0.25) is 4.79 Å². The monoisotopic (exact) mass is 315 g/mol. The Morgan fingerprint density at radius 2 is 2.32 bits per heavy atom. The molecule has 0 aliphatic carbocycles. The Balaban J connectivity index is 1.57. The average Bonchev–Trinajstić information content (AvgIpc) is 3.19. The molecule has 2 heterocycles. The van der Waals surface area contributed by atoms with Gasteiger partial charge in [0, 0.05) is 17.7 Å². The van der Waals surface area contributed by atoms with Gasteiger partial charge in [0.25, 0.3) is 5.91 Å². The molecule has 0 aliphatic heterocycles. The van der Waals surface area contributed by atoms with Crippen LogP contribution in [0.15, 0.2) is 35.2 Å². The van der Waals surface area contributed by atoms with Gasteiger partial charge in [-0.05, 0) is 37.5 Å². The van der Waals surface area contributed by atoms with Crippen molar-refractivity contribution in [2.75, 3.05) is 6.54 Å². The van der Waals surface area contributed by atoms with Crippen LogP contribution in [-0.4, -0.2) is 22.6 Å². The molecule has 2 aromatic heterocycles. The van der Waals surface area contributed by atoms with Gasteiger partial charge in [0.2, 0.25) is 0 Å². The zero-order valence-electron chi connectivity index (χ0n) is 12.3. The first-order chi connectivity index (χ1) is 10.8. The van der Waals surface area contributed by atoms with Crippen LogP contribution in [0.25, 0.3) is 10.2 Å². The van der Waals surface area contributed by atoms with Crippen molar-refractivity contribution in [1.29, 1.82) is 0 Å². The fourth-order valence-electron chi connectivity index (χ4n) is 2.21. The Bertz CT molecular complexity index is 765. The minimum atomic E-state index is -0.0429. The van der Waals surface area contributed by atoms with E-state index < -0.39 is 0 Å². The van der Waals surface area contributed by atoms with E-state index in [0.717, 1.165) is 40.1 Å². The number of fused-ring (bicyclic) bond motifs is 1. The number of hydrogen-bond acceptors (Lipinski definition) is 5. The van der Waals surface area contributed by atoms with Crippen LogP contribution in [0.2, 0.25) is 0 Å². The summed E-state index contributed by atoms with van der Waals surface area (Å²) in [4.78, 5) is 16.7. The van der Waals surface area contributed by atoms with E-state index in [-0.39, 0.29) is 5.91 Å². The van der Waals surface area contributed by atoms with Gasteiger partial charge >= 0.3 is 0 Å². The fourth-order valence-corrected chi connectivity index (χ4v) is 3.16. The van der Waals surface area contributed by atoms with E-state index in [9.17, 15) is 4.79 Å². The number of thiazole rings is 1. The molecule has 0 spiro atoms. The molecule has 0 saturated carbocycles. The summed E-state index contributed by atoms with van der Waals surface area (Å²) in [6, 6.07) is 5.66. The topological polar surface area (TPSA) is 68.0 Å². The third kappa shape index (κ3) is 3.33. The van der Waals surface area contributed by atoms with Crippen molar-refractivity contribution in [3.8, 4) is 0 Å². The minimum absolute atomic E-state index is 0.0429. The first kappa shape index (κ1) is 14.7. The van der Waals surface area contributed by atoms with E-state index in [0.29, 0.717) is 12.1 Å². The lowest BCUT2D eigenvalue weighted by Gasteiger charge is -2.04. The largest absolute Gasteiger partial charge is 0.364 e. The fraction of sp³-hybridized carbons (Fsp3) is 0.312. The van der Waals surface area contributed by atoms with Gasteiger partial charge in [-0.15, -0.1) is 11.3 Å². The molecule has 0 bridgehead atoms. The highest BCUT2D eigenvalue weighted by Gasteiger charge is 2.08. The molecule has 3 aromatic rings. The number of carbonyl (C=O) groups excluding carboxylic acids is 1. The number of carbonyl (C=O) groups is 1. The second-order valence-corrected chi connectivity index (χ2v) is 6.15. The number of nitrogens with one attached hydrogen (secondary N) is 1. The molecule has 114 valence electrons. The minimum Gasteiger partial charge on any atom is -0.364 e. The van der Waals surface area contributed by atoms with Crippen LogP contribution >= 0.6 is 11.3 Å². The Labute approximate surface area is 132 Å². The van der Waals surface area contributed by atoms with Crippen molar-refractivity contribution >= 4 is 27.5 Å². The second-order valence-electron chi connectivity index (χ2n) is 5.04. The Morgan fingerprint density at radius 1 is 1.41 bits per heavy atom. The van der Waals surface area contributed by atoms with Crippen LogP contribution < -0.4 is 5.32 Å². The van der Waals surface area contributed by atoms with Gasteiger partial charge in [-0.2, -0.15) is 0 Å². The van der Waals surface area contributed by atoms with Gasteiger partial charge in [0.15, 0.2) is 0 Å². The number of benzene rings is 1. The van der Waals surface area contributed by atoms with Crippen molar-refractivity contribution in [3.63, 3.8) is 0 Å². The number of hydrogen-bond donors (Lipinski definition) is 1. The second kappa shape index (κ2) is 6.70. The molecular weight excluding hydrogens is 298 g/mol. The van der Waals surface area contributed by atoms with Crippen LogP contribution in [-0.2, 0) is 12.8 Å². The summed E-state index contributed by atoms with van der Waals surface area (Å²) in [5.74, 6) is -0.0429. The van der Waals surface area contributed by atoms with E-state index in [4.69, 9.17) is 4.52 Å². The third-order valence-corrected chi connectivity index (χ3v) is 4.57. The van der Waals surface area contributed by atoms with Crippen molar-refractivity contribution in [3.05, 3.63) is 46.8 Å². The number of amides is 1. The number of nitrogens with zero attached hydrogens (tertiary/aromatic N) is 2. The van der Waals surface area contributed by atoms with Gasteiger partial charge in [-0.1, -0.05) is 12.1 Å². The van der Waals surface area contributed by atoms with Gasteiger partial charge in [0.05, 0.1) is 21.4 Å². The molecule has 1 N–H and O–H groups in total. The van der Waals surface area contributed by atoms with Crippen LogP contribution in [0.3, 0.4) is 0 Å². The normalized spacial score (nSPS) is 11.0. The highest BCUT2D eigenvalue weighted by Crippen LogP contribution is 2.23. The van der Waals surface area contributed by atoms with Crippen LogP contribution in [0.4, 0.5) is 0 Å². The van der Waals surface area contributed by atoms with Gasteiger partial charge in [-0.25, -0.2) is 4.98 Å². The lowest BCUT2D eigenvalue weighted by molar-refractivity contribution is 0.0953. The molecular formula is C16H17N3O2S. The van der Waals surface area contributed by atoms with E-state index in [1.165, 1.54) is 0 Å². The Hall–Kier alpha value is -2.21. The number of aromatic nitrogens is 2. The molecule has 0 fully saturated rings. The third-order valence-electron chi connectivity index (χ3n) is 3.41. The summed E-state index contributed by atoms with van der Waals surface area (Å²) in [5, 5.41) is 7.69. The summed E-state index contributed by atoms with van der Waals surface area (Å²) in [5.41, 5.74) is 2.70. The van der Waals surface area contributed by atoms with Crippen LogP contribution in [0.5, 0.6) is 0 Å². The molecule has 5 nitrogen and oxygen atoms in total. The summed E-state index contributed by atoms with van der Waals surface area (Å²) in [6.07, 6.45) is 5.95. The molecule has 22 heavy (non-hydrogen) atoms. The maximum Gasteiger partial charge on any atom is 0.251 e. The van der Waals surface area contributed by atoms with Gasteiger partial charge in [0.1, 0.15) is 6.26 Å². The van der Waals surface area contributed by atoms with Crippen molar-refractivity contribution in [1.82, 2.24) is 15.5 Å². The molecule has 0 atom stereocenters. The molecule has 0 radical (unpaired) electrons. The number of rotatable bonds is 6. The van der Waals surface area contributed by atoms with E-state index in [1.54, 1.807) is 23.8 Å². The van der Waals surface area contributed by atoms with E-state index >= 15 is 0 Å². The quantitative estimate of drug-likeness (QED) is 0.709. The molecule has 0 unspecified atom stereocenters. The summed E-state index contributed by atoms with van der Waals surface area (Å²) in [7, 11) is 0. The SMILES string of the molecule is CCc1nc2ccc(C(=O)NCCCc3cnoc3)cc2s1. The predicted molar refractivity (Wildman–Crippen MR) is 86.2 cm³/mol. The highest BCUT2D eigenvalue weighted by atomic mass is 32.1. The first-order valence-electron chi connectivity index (χ1n) is 7.32. The van der Waals surface area contributed by atoms with Crippen molar-refractivity contribution in [2.24, 2.45) is 0 Å². The van der Waals surface area contributed by atoms with Crippen LogP contribution in [0, 0.1) is 0 Å². The standard InChI is InChI=1S/C16H17N3O2S/c1-2-15-19-13-6-5-12(8-14(13)22-15)16(20)17-7-3-4-11-9-18-21-10-11/h5-6,8-10H,2-4,7H2,1H3,(H,17,20). The van der Waals surface area contributed by atoms with Gasteiger partial charge < -0.3 is 9.84 Å². The predicted octanol–water partition coefficient (Wildman–Crippen LogP) is 3.21. The Morgan fingerprint density at radius 3 is 3.09 bits per heavy atom. The van der Waals surface area contributed by atoms with E-state index in [2.05, 4.69) is 22.4 Å². The van der Waals surface area contributed by atoms with E-state index in [1.807, 2.05) is 18.2 Å². The molecule has 1 amide bonds. The summed E-state index contributed by atoms with van der Waals surface area (Å²) in [6.45, 7) is 2.71. The summed E-state index contributed by atoms with van der Waals surface area (Å²) >= 11 is 1.65. The first-order valence-corrected chi connectivity index (χ1v) is 8.14. The molecule has 0 aliphatic rings. The zero-order chi connectivity index (χ0) is 15.4. The zero-order valence-corrected chi connectivity index (χ0v) is 13.2. The average molecular weight is 315 g/mol. The van der Waals surface area contributed by atoms with Crippen molar-refractivity contribution in [2.45, 2.75) is 26.2 Å². The summed E-state index contributed by atoms with van der Waals surface area (Å²) < 4.78 is 5.84. The molecule has 3 rings (SSSR count). The lowest BCUT2D eigenvalue weighted by Crippen LogP contribution is -2.24. The molecule has 0 saturated heterocycles. The van der Waals surface area contributed by atoms with Crippen molar-refractivity contribution < 1.29 is 9.32 Å². The highest BCUT2D eigenvalue weighted by molar-refractivity contribution is 7.18. The molecule has 1 aromatic carbocycles. The number of aryl methyl sites for hydroxylation is 2. The maximum atomic E-state index is 12.2. The Kier molecular flexibility index (Phi) is 4.48. The maximum absolute atomic E-state index is 12.2.